The van der Waals surface area contributed by atoms with Gasteiger partial charge in [-0.2, -0.15) is 0 Å². The van der Waals surface area contributed by atoms with Crippen molar-refractivity contribution in [2.24, 2.45) is 0 Å². The van der Waals surface area contributed by atoms with E-state index in [0.29, 0.717) is 52.9 Å². The summed E-state index contributed by atoms with van der Waals surface area (Å²) >= 11 is 8.76. The smallest absolute Gasteiger partial charge is 0.181 e. The molecule has 4 aliphatic heterocycles. The maximum absolute atomic E-state index is 6.38. The normalized spacial score (nSPS) is 15.6. The summed E-state index contributed by atoms with van der Waals surface area (Å²) in [6, 6.07) is 4.40. The largest absolute Gasteiger partial charge is 0.485 e. The van der Waals surface area contributed by atoms with E-state index in [9.17, 15) is 0 Å². The number of hydrogen-bond donors (Lipinski definition) is 0. The van der Waals surface area contributed by atoms with Crippen molar-refractivity contribution in [3.8, 4) is 85.0 Å². The number of hydrogen-bond acceptors (Lipinski definition) is 13. The minimum Gasteiger partial charge on any atom is -0.485 e. The molecular formula is C40H44O8S5. The standard InChI is InChI=1S/C40H44O8S5/c1-3-5-7-9-11-23-27-29(43-17-15-41-27)37(50-23)39-33-31(45-19-21-47-33)35(52-39)25-13-14-26(49-25)36-32-34(48-22-20-46-32)40(53-36)38-30-28(42-16-18-44-30)24(51-38)12-10-8-6-4-2/h13-14H,3-12,15-22H2,1-2H3. The molecule has 0 N–H and O–H groups in total. The Kier molecular flexibility index (Phi) is 10.7. The molecule has 5 aromatic rings. The Morgan fingerprint density at radius 2 is 0.679 bits per heavy atom. The summed E-state index contributed by atoms with van der Waals surface area (Å²) in [7, 11) is 0. The van der Waals surface area contributed by atoms with Gasteiger partial charge in [-0.25, -0.2) is 0 Å². The first kappa shape index (κ1) is 35.6. The summed E-state index contributed by atoms with van der Waals surface area (Å²) in [6.07, 6.45) is 11.7. The SMILES string of the molecule is CCCCCCc1sc(-c2sc(-c3ccc(-c4sc(-c5sc(CCCCCC)c6c5OCCO6)c5c4OCCO5)s3)c3c2OCCO3)c2c1OCCO2. The third-order valence-electron chi connectivity index (χ3n) is 9.71. The Hall–Kier alpha value is -3.10. The van der Waals surface area contributed by atoms with Gasteiger partial charge >= 0.3 is 0 Å². The first-order valence-corrected chi connectivity index (χ1v) is 23.1. The maximum atomic E-state index is 6.38. The van der Waals surface area contributed by atoms with E-state index in [0.717, 1.165) is 111 Å². The lowest BCUT2D eigenvalue weighted by Gasteiger charge is -2.19. The highest BCUT2D eigenvalue weighted by Gasteiger charge is 2.35. The predicted octanol–water partition coefficient (Wildman–Crippen LogP) is 12.0. The summed E-state index contributed by atoms with van der Waals surface area (Å²) in [5.74, 6) is 6.79. The van der Waals surface area contributed by atoms with Crippen molar-refractivity contribution in [1.29, 1.82) is 0 Å². The predicted molar refractivity (Wildman–Crippen MR) is 217 cm³/mol. The van der Waals surface area contributed by atoms with E-state index >= 15 is 0 Å². The lowest BCUT2D eigenvalue weighted by Crippen LogP contribution is -2.16. The molecule has 0 saturated heterocycles. The van der Waals surface area contributed by atoms with Gasteiger partial charge in [0.15, 0.2) is 46.0 Å². The molecule has 53 heavy (non-hydrogen) atoms. The van der Waals surface area contributed by atoms with E-state index in [-0.39, 0.29) is 0 Å². The minimum atomic E-state index is 0.518. The summed E-state index contributed by atoms with van der Waals surface area (Å²) in [6.45, 7) is 8.82. The van der Waals surface area contributed by atoms with Crippen LogP contribution in [0, 0.1) is 0 Å². The van der Waals surface area contributed by atoms with Crippen LogP contribution in [0.15, 0.2) is 12.1 Å². The number of fused-ring (bicyclic) bond motifs is 4. The van der Waals surface area contributed by atoms with Gasteiger partial charge in [0.1, 0.15) is 52.9 Å². The molecule has 13 heteroatoms. The van der Waals surface area contributed by atoms with Crippen molar-refractivity contribution >= 4 is 56.7 Å². The molecular weight excluding hydrogens is 769 g/mol. The summed E-state index contributed by atoms with van der Waals surface area (Å²) in [4.78, 5) is 11.2. The van der Waals surface area contributed by atoms with Gasteiger partial charge in [-0.3, -0.25) is 0 Å². The van der Waals surface area contributed by atoms with E-state index in [2.05, 4.69) is 26.0 Å². The van der Waals surface area contributed by atoms with E-state index in [1.165, 1.54) is 48.3 Å². The molecule has 9 rings (SSSR count). The van der Waals surface area contributed by atoms with Crippen molar-refractivity contribution in [3.63, 3.8) is 0 Å². The van der Waals surface area contributed by atoms with E-state index in [1.54, 1.807) is 56.7 Å². The number of unbranched alkanes of at least 4 members (excludes halogenated alkanes) is 6. The zero-order chi connectivity index (χ0) is 35.7. The van der Waals surface area contributed by atoms with Gasteiger partial charge in [-0.1, -0.05) is 52.4 Å². The van der Waals surface area contributed by atoms with Crippen molar-refractivity contribution in [2.45, 2.75) is 78.1 Å². The highest BCUT2D eigenvalue weighted by molar-refractivity contribution is 7.30. The van der Waals surface area contributed by atoms with Crippen LogP contribution in [-0.2, 0) is 12.8 Å². The highest BCUT2D eigenvalue weighted by Crippen LogP contribution is 2.63. The molecule has 8 nitrogen and oxygen atoms in total. The fourth-order valence-electron chi connectivity index (χ4n) is 7.18. The van der Waals surface area contributed by atoms with Crippen LogP contribution in [0.5, 0.6) is 46.0 Å². The second kappa shape index (κ2) is 15.9. The van der Waals surface area contributed by atoms with Crippen LogP contribution in [-0.4, -0.2) is 52.9 Å². The Balaban J connectivity index is 1.07. The molecule has 0 atom stereocenters. The molecule has 0 bridgehead atoms. The van der Waals surface area contributed by atoms with Crippen LogP contribution >= 0.6 is 56.7 Å². The fraction of sp³-hybridized carbons (Fsp3) is 0.500. The lowest BCUT2D eigenvalue weighted by molar-refractivity contribution is 0.171. The summed E-state index contributed by atoms with van der Waals surface area (Å²) in [5.41, 5.74) is 0. The highest BCUT2D eigenvalue weighted by atomic mass is 32.1. The number of aryl methyl sites for hydroxylation is 2. The van der Waals surface area contributed by atoms with Crippen molar-refractivity contribution in [1.82, 2.24) is 0 Å². The van der Waals surface area contributed by atoms with Gasteiger partial charge in [-0.15, -0.1) is 56.7 Å². The molecule has 0 fully saturated rings. The molecule has 0 unspecified atom stereocenters. The molecule has 0 spiro atoms. The Morgan fingerprint density at radius 1 is 0.358 bits per heavy atom. The van der Waals surface area contributed by atoms with Crippen molar-refractivity contribution in [3.05, 3.63) is 21.9 Å². The molecule has 5 aromatic heterocycles. The zero-order valence-corrected chi connectivity index (χ0v) is 34.3. The molecule has 282 valence electrons. The molecule has 0 amide bonds. The zero-order valence-electron chi connectivity index (χ0n) is 30.2. The van der Waals surface area contributed by atoms with Gasteiger partial charge in [0, 0.05) is 9.75 Å². The van der Waals surface area contributed by atoms with Gasteiger partial charge in [-0.05, 0) is 37.8 Å². The second-order valence-electron chi connectivity index (χ2n) is 13.4. The van der Waals surface area contributed by atoms with Gasteiger partial charge in [0.05, 0.1) is 39.0 Å². The third-order valence-corrected chi connectivity index (χ3v) is 16.2. The van der Waals surface area contributed by atoms with Crippen LogP contribution in [0.25, 0.3) is 39.0 Å². The number of ether oxygens (including phenoxy) is 8. The first-order chi connectivity index (χ1) is 26.2. The Labute approximate surface area is 330 Å². The van der Waals surface area contributed by atoms with Crippen LogP contribution in [0.3, 0.4) is 0 Å². The minimum absolute atomic E-state index is 0.518. The number of thiophene rings is 5. The average Bonchev–Trinajstić information content (AvgIpc) is 4.04. The van der Waals surface area contributed by atoms with E-state index in [4.69, 9.17) is 37.9 Å². The monoisotopic (exact) mass is 812 g/mol. The first-order valence-electron chi connectivity index (χ1n) is 19.0. The van der Waals surface area contributed by atoms with Crippen LogP contribution in [0.2, 0.25) is 0 Å². The molecule has 4 aliphatic rings. The molecule has 0 radical (unpaired) electrons. The Bertz CT molecular complexity index is 1920. The maximum Gasteiger partial charge on any atom is 0.181 e. The third kappa shape index (κ3) is 6.79. The van der Waals surface area contributed by atoms with Gasteiger partial charge < -0.3 is 37.9 Å². The number of rotatable bonds is 14. The quantitative estimate of drug-likeness (QED) is 0.103. The fourth-order valence-corrected chi connectivity index (χ4v) is 13.5. The topological polar surface area (TPSA) is 73.8 Å². The second-order valence-corrected chi connectivity index (χ2v) is 18.8. The molecule has 9 heterocycles. The molecule has 0 aliphatic carbocycles. The Morgan fingerprint density at radius 3 is 1.06 bits per heavy atom. The molecule has 0 aromatic carbocycles. The van der Waals surface area contributed by atoms with E-state index < -0.39 is 0 Å². The van der Waals surface area contributed by atoms with Crippen LogP contribution in [0.1, 0.15) is 75.0 Å². The van der Waals surface area contributed by atoms with Crippen LogP contribution < -0.4 is 37.9 Å². The van der Waals surface area contributed by atoms with Crippen molar-refractivity contribution < 1.29 is 37.9 Å². The summed E-state index contributed by atoms with van der Waals surface area (Å²) < 4.78 is 50.5. The summed E-state index contributed by atoms with van der Waals surface area (Å²) in [5, 5.41) is 0. The average molecular weight is 813 g/mol. The van der Waals surface area contributed by atoms with Crippen LogP contribution in [0.4, 0.5) is 0 Å². The molecule has 0 saturated carbocycles. The van der Waals surface area contributed by atoms with E-state index in [1.807, 2.05) is 0 Å². The van der Waals surface area contributed by atoms with Crippen molar-refractivity contribution in [2.75, 3.05) is 52.9 Å². The van der Waals surface area contributed by atoms with Gasteiger partial charge in [0.25, 0.3) is 0 Å². The lowest BCUT2D eigenvalue weighted by atomic mass is 10.1. The van der Waals surface area contributed by atoms with Gasteiger partial charge in [0.2, 0.25) is 0 Å².